The van der Waals surface area contributed by atoms with Gasteiger partial charge in [-0.05, 0) is 51.8 Å². The maximum absolute atomic E-state index is 3.89. The summed E-state index contributed by atoms with van der Waals surface area (Å²) in [5, 5.41) is 3.89. The SMILES string of the molecule is CC(C)Cc1ccc2c(c1)NC1C=CC=CC1C21c2ccccc2-c2ccccc21. The topological polar surface area (TPSA) is 12.0 Å². The van der Waals surface area contributed by atoms with E-state index in [0.717, 1.165) is 6.42 Å². The Morgan fingerprint density at radius 3 is 2.17 bits per heavy atom. The molecular formula is C29H27N. The van der Waals surface area contributed by atoms with Crippen LogP contribution in [-0.4, -0.2) is 6.04 Å². The first kappa shape index (κ1) is 17.8. The van der Waals surface area contributed by atoms with Crippen LogP contribution in [0.3, 0.4) is 0 Å². The molecule has 6 rings (SSSR count). The summed E-state index contributed by atoms with van der Waals surface area (Å²) in [7, 11) is 0. The zero-order chi connectivity index (χ0) is 20.3. The summed E-state index contributed by atoms with van der Waals surface area (Å²) in [6, 6.07) is 25.5. The van der Waals surface area contributed by atoms with Crippen molar-refractivity contribution in [3.63, 3.8) is 0 Å². The lowest BCUT2D eigenvalue weighted by Crippen LogP contribution is -2.48. The van der Waals surface area contributed by atoms with Crippen molar-refractivity contribution < 1.29 is 0 Å². The number of fused-ring (bicyclic) bond motifs is 9. The van der Waals surface area contributed by atoms with Gasteiger partial charge in [0.25, 0.3) is 0 Å². The molecule has 3 aromatic carbocycles. The van der Waals surface area contributed by atoms with E-state index < -0.39 is 0 Å². The highest BCUT2D eigenvalue weighted by atomic mass is 15.0. The molecular weight excluding hydrogens is 362 g/mol. The molecule has 0 amide bonds. The fraction of sp³-hybridized carbons (Fsp3) is 0.241. The van der Waals surface area contributed by atoms with E-state index in [1.165, 1.54) is 39.1 Å². The second kappa shape index (κ2) is 6.47. The molecule has 1 spiro atoms. The zero-order valence-corrected chi connectivity index (χ0v) is 17.6. The smallest absolute Gasteiger partial charge is 0.0569 e. The van der Waals surface area contributed by atoms with Crippen LogP contribution >= 0.6 is 0 Å². The molecule has 3 aromatic rings. The molecule has 1 nitrogen and oxygen atoms in total. The molecule has 3 aliphatic rings. The van der Waals surface area contributed by atoms with E-state index in [9.17, 15) is 0 Å². The average molecular weight is 390 g/mol. The van der Waals surface area contributed by atoms with E-state index in [1.807, 2.05) is 0 Å². The maximum atomic E-state index is 3.89. The Hall–Kier alpha value is -3.06. The Morgan fingerprint density at radius 1 is 0.800 bits per heavy atom. The third kappa shape index (κ3) is 2.29. The van der Waals surface area contributed by atoms with Crippen LogP contribution in [-0.2, 0) is 11.8 Å². The van der Waals surface area contributed by atoms with Crippen molar-refractivity contribution >= 4 is 5.69 Å². The van der Waals surface area contributed by atoms with Gasteiger partial charge in [0.05, 0.1) is 11.5 Å². The highest BCUT2D eigenvalue weighted by Crippen LogP contribution is 2.61. The van der Waals surface area contributed by atoms with Gasteiger partial charge in [-0.15, -0.1) is 0 Å². The van der Waals surface area contributed by atoms with Gasteiger partial charge in [-0.2, -0.15) is 0 Å². The fourth-order valence-corrected chi connectivity index (χ4v) is 6.09. The van der Waals surface area contributed by atoms with Crippen LogP contribution in [0.15, 0.2) is 91.0 Å². The van der Waals surface area contributed by atoms with Crippen LogP contribution < -0.4 is 5.32 Å². The van der Waals surface area contributed by atoms with Gasteiger partial charge in [-0.1, -0.05) is 98.8 Å². The zero-order valence-electron chi connectivity index (χ0n) is 17.6. The van der Waals surface area contributed by atoms with Crippen molar-refractivity contribution in [2.75, 3.05) is 5.32 Å². The Balaban J connectivity index is 1.69. The second-order valence-electron chi connectivity index (χ2n) is 9.34. The molecule has 0 bridgehead atoms. The van der Waals surface area contributed by atoms with E-state index in [-0.39, 0.29) is 11.5 Å². The summed E-state index contributed by atoms with van der Waals surface area (Å²) in [6.07, 6.45) is 10.3. The summed E-state index contributed by atoms with van der Waals surface area (Å²) in [6.45, 7) is 4.59. The first-order chi connectivity index (χ1) is 14.7. The summed E-state index contributed by atoms with van der Waals surface area (Å²) in [4.78, 5) is 0. The summed E-state index contributed by atoms with van der Waals surface area (Å²) < 4.78 is 0. The fourth-order valence-electron chi connectivity index (χ4n) is 6.09. The number of benzene rings is 3. The standard InChI is InChI=1S/C29H27N/c1-19(2)17-20-15-16-26-28(18-20)30-27-14-8-7-13-25(27)29(26)23-11-5-3-9-21(23)22-10-4-6-12-24(22)29/h3-16,18-19,25,27,30H,17H2,1-2H3. The lowest BCUT2D eigenvalue weighted by Gasteiger charge is -2.48. The van der Waals surface area contributed by atoms with Crippen LogP contribution in [0.4, 0.5) is 5.69 Å². The molecule has 1 heterocycles. The normalized spacial score (nSPS) is 21.7. The third-order valence-corrected chi connectivity index (χ3v) is 7.10. The van der Waals surface area contributed by atoms with Gasteiger partial charge in [0, 0.05) is 11.6 Å². The molecule has 0 radical (unpaired) electrons. The molecule has 148 valence electrons. The van der Waals surface area contributed by atoms with Gasteiger partial charge < -0.3 is 5.32 Å². The van der Waals surface area contributed by atoms with Crippen molar-refractivity contribution in [1.29, 1.82) is 0 Å². The number of hydrogen-bond acceptors (Lipinski definition) is 1. The van der Waals surface area contributed by atoms with Crippen molar-refractivity contribution in [3.05, 3.63) is 113 Å². The average Bonchev–Trinajstić information content (AvgIpc) is 3.05. The minimum absolute atomic E-state index is 0.157. The Morgan fingerprint density at radius 2 is 1.47 bits per heavy atom. The molecule has 0 aromatic heterocycles. The minimum Gasteiger partial charge on any atom is -0.378 e. The van der Waals surface area contributed by atoms with E-state index in [1.54, 1.807) is 0 Å². The molecule has 0 saturated heterocycles. The highest BCUT2D eigenvalue weighted by molar-refractivity contribution is 5.86. The quantitative estimate of drug-likeness (QED) is 0.512. The first-order valence-corrected chi connectivity index (χ1v) is 11.1. The highest BCUT2D eigenvalue weighted by Gasteiger charge is 2.54. The predicted molar refractivity (Wildman–Crippen MR) is 126 cm³/mol. The summed E-state index contributed by atoms with van der Waals surface area (Å²) >= 11 is 0. The van der Waals surface area contributed by atoms with Crippen LogP contribution in [0, 0.1) is 11.8 Å². The first-order valence-electron chi connectivity index (χ1n) is 11.1. The van der Waals surface area contributed by atoms with Gasteiger partial charge in [-0.25, -0.2) is 0 Å². The number of rotatable bonds is 2. The maximum Gasteiger partial charge on any atom is 0.0569 e. The van der Waals surface area contributed by atoms with Gasteiger partial charge in [0.1, 0.15) is 0 Å². The number of nitrogens with one attached hydrogen (secondary N) is 1. The van der Waals surface area contributed by atoms with Crippen molar-refractivity contribution in [1.82, 2.24) is 0 Å². The lowest BCUT2D eigenvalue weighted by atomic mass is 9.59. The molecule has 0 fully saturated rings. The number of allylic oxidation sites excluding steroid dienone is 2. The van der Waals surface area contributed by atoms with Gasteiger partial charge in [0.2, 0.25) is 0 Å². The molecule has 2 aliphatic carbocycles. The van der Waals surface area contributed by atoms with Gasteiger partial charge in [0.15, 0.2) is 0 Å². The minimum atomic E-state index is -0.157. The van der Waals surface area contributed by atoms with Crippen LogP contribution in [0.2, 0.25) is 0 Å². The summed E-state index contributed by atoms with van der Waals surface area (Å²) in [5.41, 5.74) is 9.62. The van der Waals surface area contributed by atoms with Gasteiger partial charge in [-0.3, -0.25) is 0 Å². The molecule has 1 heteroatoms. The van der Waals surface area contributed by atoms with Crippen LogP contribution in [0.1, 0.15) is 36.1 Å². The van der Waals surface area contributed by atoms with E-state index >= 15 is 0 Å². The van der Waals surface area contributed by atoms with Crippen LogP contribution in [0.25, 0.3) is 11.1 Å². The Labute approximate surface area is 179 Å². The lowest BCUT2D eigenvalue weighted by molar-refractivity contribution is 0.415. The van der Waals surface area contributed by atoms with Crippen molar-refractivity contribution in [3.8, 4) is 11.1 Å². The Kier molecular flexibility index (Phi) is 3.83. The second-order valence-corrected chi connectivity index (χ2v) is 9.34. The van der Waals surface area contributed by atoms with Gasteiger partial charge >= 0.3 is 0 Å². The molecule has 0 saturated carbocycles. The number of anilines is 1. The van der Waals surface area contributed by atoms with Crippen molar-refractivity contribution in [2.45, 2.75) is 31.7 Å². The number of hydrogen-bond donors (Lipinski definition) is 1. The van der Waals surface area contributed by atoms with Crippen molar-refractivity contribution in [2.24, 2.45) is 11.8 Å². The van der Waals surface area contributed by atoms with E-state index in [0.29, 0.717) is 11.8 Å². The van der Waals surface area contributed by atoms with E-state index in [2.05, 4.69) is 110 Å². The Bertz CT molecular complexity index is 1150. The molecule has 2 unspecified atom stereocenters. The molecule has 1 N–H and O–H groups in total. The monoisotopic (exact) mass is 389 g/mol. The third-order valence-electron chi connectivity index (χ3n) is 7.10. The molecule has 2 atom stereocenters. The summed E-state index contributed by atoms with van der Waals surface area (Å²) in [5.74, 6) is 0.995. The van der Waals surface area contributed by atoms with E-state index in [4.69, 9.17) is 0 Å². The molecule has 30 heavy (non-hydrogen) atoms. The largest absolute Gasteiger partial charge is 0.378 e. The predicted octanol–water partition coefficient (Wildman–Crippen LogP) is 6.74. The van der Waals surface area contributed by atoms with Crippen LogP contribution in [0.5, 0.6) is 0 Å². The molecule has 1 aliphatic heterocycles.